The lowest BCUT2D eigenvalue weighted by Gasteiger charge is -2.53. The summed E-state index contributed by atoms with van der Waals surface area (Å²) in [5.74, 6) is 0.766. The molecule has 3 atom stereocenters. The smallest absolute Gasteiger partial charge is 0.309 e. The third-order valence-electron chi connectivity index (χ3n) is 7.92. The van der Waals surface area contributed by atoms with Crippen LogP contribution in [0.5, 0.6) is 5.75 Å². The van der Waals surface area contributed by atoms with Crippen LogP contribution in [-0.4, -0.2) is 18.2 Å². The Hall–Kier alpha value is -2.49. The molecule has 0 heterocycles. The lowest BCUT2D eigenvalue weighted by Crippen LogP contribution is -2.51. The Morgan fingerprint density at radius 3 is 2.45 bits per heavy atom. The number of hydrogen-bond acceptors (Lipinski definition) is 3. The Morgan fingerprint density at radius 2 is 1.84 bits per heavy atom. The van der Waals surface area contributed by atoms with Crippen LogP contribution in [0, 0.1) is 16.7 Å². The highest BCUT2D eigenvalue weighted by Gasteiger charge is 2.54. The van der Waals surface area contributed by atoms with Crippen LogP contribution in [-0.2, 0) is 17.6 Å². The van der Waals surface area contributed by atoms with Crippen molar-refractivity contribution < 1.29 is 14.6 Å². The second-order valence-corrected chi connectivity index (χ2v) is 10.4. The van der Waals surface area contributed by atoms with E-state index in [4.69, 9.17) is 4.74 Å². The summed E-state index contributed by atoms with van der Waals surface area (Å²) in [6.45, 7) is 8.73. The zero-order chi connectivity index (χ0) is 22.4. The molecule has 2 N–H and O–H groups in total. The molecule has 2 aliphatic carbocycles. The largest absolute Gasteiger partial charge is 0.497 e. The van der Waals surface area contributed by atoms with E-state index in [1.165, 1.54) is 16.7 Å². The molecule has 0 amide bonds. The fourth-order valence-electron chi connectivity index (χ4n) is 6.05. The number of benzene rings is 2. The molecule has 166 valence electrons. The molecule has 2 aliphatic rings. The van der Waals surface area contributed by atoms with Crippen molar-refractivity contribution in [1.82, 2.24) is 0 Å². The van der Waals surface area contributed by atoms with Crippen LogP contribution < -0.4 is 10.1 Å². The van der Waals surface area contributed by atoms with Gasteiger partial charge in [0.1, 0.15) is 5.75 Å². The van der Waals surface area contributed by atoms with Gasteiger partial charge in [0, 0.05) is 11.4 Å². The predicted octanol–water partition coefficient (Wildman–Crippen LogP) is 6.56. The van der Waals surface area contributed by atoms with Gasteiger partial charge in [-0.05, 0) is 96.9 Å². The minimum atomic E-state index is -0.636. The number of carboxylic acids is 1. The molecular formula is C27H35NO3. The molecule has 0 aromatic heterocycles. The summed E-state index contributed by atoms with van der Waals surface area (Å²) in [6.07, 6.45) is 4.69. The molecule has 0 unspecified atom stereocenters. The molecule has 4 nitrogen and oxygen atoms in total. The van der Waals surface area contributed by atoms with Gasteiger partial charge in [0.15, 0.2) is 0 Å². The fourth-order valence-corrected chi connectivity index (χ4v) is 6.05. The van der Waals surface area contributed by atoms with Crippen LogP contribution in [0.2, 0.25) is 0 Å². The van der Waals surface area contributed by atoms with Gasteiger partial charge in [-0.1, -0.05) is 33.3 Å². The van der Waals surface area contributed by atoms with Crippen molar-refractivity contribution in [1.29, 1.82) is 0 Å². The summed E-state index contributed by atoms with van der Waals surface area (Å²) in [5, 5.41) is 13.7. The number of hydrogen-bond donors (Lipinski definition) is 2. The van der Waals surface area contributed by atoms with Crippen molar-refractivity contribution >= 4 is 17.3 Å². The molecule has 0 radical (unpaired) electrons. The highest BCUT2D eigenvalue weighted by atomic mass is 16.5. The molecule has 4 heteroatoms. The first-order valence-corrected chi connectivity index (χ1v) is 11.5. The summed E-state index contributed by atoms with van der Waals surface area (Å²) >= 11 is 0. The van der Waals surface area contributed by atoms with E-state index in [1.54, 1.807) is 7.11 Å². The van der Waals surface area contributed by atoms with Gasteiger partial charge in [-0.25, -0.2) is 0 Å². The number of carbonyl (C=O) groups is 1. The maximum atomic E-state index is 12.2. The predicted molar refractivity (Wildman–Crippen MR) is 125 cm³/mol. The van der Waals surface area contributed by atoms with E-state index in [2.05, 4.69) is 38.2 Å². The quantitative estimate of drug-likeness (QED) is 0.574. The summed E-state index contributed by atoms with van der Waals surface area (Å²) in [7, 11) is 1.68. The molecule has 1 saturated carbocycles. The lowest BCUT2D eigenvalue weighted by molar-refractivity contribution is -0.160. The van der Waals surface area contributed by atoms with Gasteiger partial charge in [-0.15, -0.1) is 0 Å². The summed E-state index contributed by atoms with van der Waals surface area (Å²) < 4.78 is 5.28. The van der Waals surface area contributed by atoms with E-state index >= 15 is 0 Å². The Labute approximate surface area is 186 Å². The molecule has 1 fully saturated rings. The van der Waals surface area contributed by atoms with Crippen molar-refractivity contribution in [3.05, 3.63) is 53.1 Å². The maximum absolute atomic E-state index is 12.2. The van der Waals surface area contributed by atoms with Crippen molar-refractivity contribution in [2.75, 3.05) is 12.4 Å². The number of rotatable bonds is 5. The molecule has 31 heavy (non-hydrogen) atoms. The Bertz CT molecular complexity index is 981. The van der Waals surface area contributed by atoms with E-state index in [9.17, 15) is 9.90 Å². The normalized spacial score (nSPS) is 27.4. The van der Waals surface area contributed by atoms with Crippen molar-refractivity contribution in [2.24, 2.45) is 16.7 Å². The average Bonchev–Trinajstić information content (AvgIpc) is 2.72. The van der Waals surface area contributed by atoms with Gasteiger partial charge in [0.05, 0.1) is 12.5 Å². The zero-order valence-corrected chi connectivity index (χ0v) is 19.4. The monoisotopic (exact) mass is 421 g/mol. The van der Waals surface area contributed by atoms with Gasteiger partial charge >= 0.3 is 5.97 Å². The number of fused-ring (bicyclic) bond motifs is 2. The van der Waals surface area contributed by atoms with Crippen LogP contribution in [0.4, 0.5) is 11.4 Å². The molecule has 0 aliphatic heterocycles. The fraction of sp³-hybridized carbons (Fsp3) is 0.519. The topological polar surface area (TPSA) is 58.6 Å². The number of carboxylic acid groups (broad SMARTS) is 1. The van der Waals surface area contributed by atoms with Gasteiger partial charge < -0.3 is 15.2 Å². The Balaban J connectivity index is 1.72. The summed E-state index contributed by atoms with van der Waals surface area (Å²) in [4.78, 5) is 12.2. The Morgan fingerprint density at radius 1 is 1.13 bits per heavy atom. The highest BCUT2D eigenvalue weighted by Crippen LogP contribution is 2.57. The van der Waals surface area contributed by atoms with Crippen molar-refractivity contribution in [3.8, 4) is 5.75 Å². The minimum Gasteiger partial charge on any atom is -0.497 e. The van der Waals surface area contributed by atoms with Gasteiger partial charge in [0.25, 0.3) is 0 Å². The molecule has 4 rings (SSSR count). The van der Waals surface area contributed by atoms with Gasteiger partial charge in [-0.3, -0.25) is 4.79 Å². The molecule has 0 saturated heterocycles. The molecular weight excluding hydrogens is 386 g/mol. The molecule has 2 aromatic carbocycles. The average molecular weight is 422 g/mol. The van der Waals surface area contributed by atoms with E-state index in [-0.39, 0.29) is 11.3 Å². The molecule has 0 spiro atoms. The summed E-state index contributed by atoms with van der Waals surface area (Å²) in [6, 6.07) is 12.7. The van der Waals surface area contributed by atoms with Crippen molar-refractivity contribution in [2.45, 2.75) is 65.7 Å². The summed E-state index contributed by atoms with van der Waals surface area (Å²) in [5.41, 5.74) is 5.58. The van der Waals surface area contributed by atoms with Crippen LogP contribution in [0.15, 0.2) is 36.4 Å². The van der Waals surface area contributed by atoms with Crippen molar-refractivity contribution in [3.63, 3.8) is 0 Å². The minimum absolute atomic E-state index is 0.0368. The third kappa shape index (κ3) is 3.81. The van der Waals surface area contributed by atoms with Gasteiger partial charge in [-0.2, -0.15) is 0 Å². The van der Waals surface area contributed by atoms with E-state index in [1.807, 2.05) is 31.2 Å². The first-order valence-electron chi connectivity index (χ1n) is 11.5. The van der Waals surface area contributed by atoms with E-state index < -0.39 is 11.4 Å². The lowest BCUT2D eigenvalue weighted by atomic mass is 9.50. The van der Waals surface area contributed by atoms with Crippen LogP contribution in [0.3, 0.4) is 0 Å². The second-order valence-electron chi connectivity index (χ2n) is 10.4. The number of nitrogens with one attached hydrogen (secondary N) is 1. The first kappa shape index (κ1) is 21.7. The zero-order valence-electron chi connectivity index (χ0n) is 19.4. The second kappa shape index (κ2) is 7.89. The van der Waals surface area contributed by atoms with E-state index in [0.29, 0.717) is 5.92 Å². The highest BCUT2D eigenvalue weighted by molar-refractivity contribution is 5.75. The first-order chi connectivity index (χ1) is 14.7. The number of ether oxygens (including phenoxy) is 1. The van der Waals surface area contributed by atoms with Crippen LogP contribution in [0.1, 0.15) is 69.6 Å². The SMILES string of the molecule is COc1ccc(Nc2cc3c(cc2C(C)C)C[C@@H]2[C@](C)(CCC[C@@]2(C)C(=O)O)C3)cc1. The van der Waals surface area contributed by atoms with Crippen LogP contribution in [0.25, 0.3) is 0 Å². The number of aliphatic carboxylic acids is 1. The number of anilines is 2. The Kier molecular flexibility index (Phi) is 5.53. The maximum Gasteiger partial charge on any atom is 0.309 e. The van der Waals surface area contributed by atoms with Crippen LogP contribution >= 0.6 is 0 Å². The number of methoxy groups -OCH3 is 1. The van der Waals surface area contributed by atoms with Gasteiger partial charge in [0.2, 0.25) is 0 Å². The van der Waals surface area contributed by atoms with E-state index in [0.717, 1.165) is 49.2 Å². The standard InChI is InChI=1S/C27H35NO3/c1-17(2)22-13-18-15-24-26(3,11-6-12-27(24,4)25(29)30)16-19(18)14-23(22)28-20-7-9-21(31-5)10-8-20/h7-10,13-14,17,24,28H,6,11-12,15-16H2,1-5H3,(H,29,30)/t24-,26-,27-/m1/s1. The molecule has 2 aromatic rings. The third-order valence-corrected chi connectivity index (χ3v) is 7.92. The molecule has 0 bridgehead atoms.